The van der Waals surface area contributed by atoms with Crippen molar-refractivity contribution >= 4 is 11.8 Å². The molecule has 4 nitrogen and oxygen atoms in total. The van der Waals surface area contributed by atoms with Gasteiger partial charge in [0, 0.05) is 24.7 Å². The Labute approximate surface area is 149 Å². The quantitative estimate of drug-likeness (QED) is 0.415. The molecular formula is C21H28O4. The summed E-state index contributed by atoms with van der Waals surface area (Å²) in [4.78, 5) is 24.0. The molecule has 0 N–H and O–H groups in total. The van der Waals surface area contributed by atoms with Crippen molar-refractivity contribution in [3.8, 4) is 0 Å². The summed E-state index contributed by atoms with van der Waals surface area (Å²) in [5, 5.41) is 0. The largest absolute Gasteiger partial charge is 0.462 e. The maximum Gasteiger partial charge on any atom is 0.302 e. The highest BCUT2D eigenvalue weighted by atomic mass is 16.6. The van der Waals surface area contributed by atoms with Gasteiger partial charge in [0.05, 0.1) is 6.10 Å². The van der Waals surface area contributed by atoms with Gasteiger partial charge in [-0.1, -0.05) is 25.5 Å². The third-order valence-electron chi connectivity index (χ3n) is 8.34. The fourth-order valence-corrected chi connectivity index (χ4v) is 7.04. The van der Waals surface area contributed by atoms with Gasteiger partial charge >= 0.3 is 5.97 Å². The maximum atomic E-state index is 12.7. The summed E-state index contributed by atoms with van der Waals surface area (Å²) in [7, 11) is 0. The van der Waals surface area contributed by atoms with Gasteiger partial charge < -0.3 is 9.47 Å². The number of ether oxygens (including phenoxy) is 2. The third kappa shape index (κ3) is 2.03. The molecule has 1 heterocycles. The van der Waals surface area contributed by atoms with Gasteiger partial charge in [0.1, 0.15) is 12.2 Å². The molecule has 4 heteroatoms. The molecule has 4 fully saturated rings. The lowest BCUT2D eigenvalue weighted by Gasteiger charge is -2.57. The summed E-state index contributed by atoms with van der Waals surface area (Å²) in [5.41, 5.74) is 1.55. The van der Waals surface area contributed by atoms with Gasteiger partial charge in [0.25, 0.3) is 0 Å². The van der Waals surface area contributed by atoms with Crippen LogP contribution in [0.15, 0.2) is 11.6 Å². The van der Waals surface area contributed by atoms with Crippen LogP contribution in [-0.2, 0) is 19.1 Å². The van der Waals surface area contributed by atoms with E-state index in [0.29, 0.717) is 23.5 Å². The first-order chi connectivity index (χ1) is 11.8. The van der Waals surface area contributed by atoms with Crippen molar-refractivity contribution in [2.75, 3.05) is 0 Å². The lowest BCUT2D eigenvalue weighted by molar-refractivity contribution is -0.149. The van der Waals surface area contributed by atoms with E-state index in [-0.39, 0.29) is 35.1 Å². The van der Waals surface area contributed by atoms with Crippen molar-refractivity contribution in [1.29, 1.82) is 0 Å². The van der Waals surface area contributed by atoms with Crippen molar-refractivity contribution in [3.05, 3.63) is 11.6 Å². The van der Waals surface area contributed by atoms with Crippen LogP contribution in [0.5, 0.6) is 0 Å². The molecule has 0 aromatic carbocycles. The van der Waals surface area contributed by atoms with Crippen molar-refractivity contribution in [2.24, 2.45) is 28.6 Å². The molecule has 0 aromatic heterocycles. The van der Waals surface area contributed by atoms with Crippen molar-refractivity contribution in [3.63, 3.8) is 0 Å². The minimum atomic E-state index is -0.169. The van der Waals surface area contributed by atoms with E-state index < -0.39 is 0 Å². The van der Waals surface area contributed by atoms with Gasteiger partial charge in [-0.3, -0.25) is 9.59 Å². The summed E-state index contributed by atoms with van der Waals surface area (Å²) in [5.74, 6) is 1.82. The fraction of sp³-hybridized carbons (Fsp3) is 0.810. The standard InChI is InChI=1S/C21H28O4/c1-11(22)24-13-6-8-20(2)12(10-13)4-5-14-15(20)7-9-21(3)16(14)17-18(25-17)19(21)23/h4,13-18H,5-10H2,1-3H3/t13-,14+,15-,16+,17-,18-,20-,21-/m0/s1. The SMILES string of the molecule is CC(=O)O[C@H]1CC[C@@]2(C)C(=CC[C@H]3[C@@H]4[C@@H]5O[C@@H]5C(=O)[C@@]4(C)CC[C@@H]32)C1. The van der Waals surface area contributed by atoms with Crippen molar-refractivity contribution in [2.45, 2.75) is 77.6 Å². The number of carbonyl (C=O) groups excluding carboxylic acids is 2. The number of Topliss-reactive ketones (excluding diaryl/α,β-unsaturated/α-hetero) is 1. The molecule has 0 aromatic rings. The second-order valence-corrected chi connectivity index (χ2v) is 9.49. The highest BCUT2D eigenvalue weighted by molar-refractivity contribution is 5.94. The first-order valence-corrected chi connectivity index (χ1v) is 9.91. The molecule has 4 aliphatic carbocycles. The molecule has 8 atom stereocenters. The van der Waals surface area contributed by atoms with E-state index in [1.54, 1.807) is 0 Å². The van der Waals surface area contributed by atoms with E-state index in [4.69, 9.17) is 9.47 Å². The molecule has 5 rings (SSSR count). The zero-order chi connectivity index (χ0) is 17.6. The van der Waals surface area contributed by atoms with Crippen LogP contribution in [0.3, 0.4) is 0 Å². The Hall–Kier alpha value is -1.16. The van der Waals surface area contributed by atoms with Gasteiger partial charge in [-0.15, -0.1) is 0 Å². The van der Waals surface area contributed by atoms with Crippen LogP contribution in [0.1, 0.15) is 59.3 Å². The van der Waals surface area contributed by atoms with Crippen LogP contribution in [0.2, 0.25) is 0 Å². The average molecular weight is 344 g/mol. The average Bonchev–Trinajstić information content (AvgIpc) is 3.29. The van der Waals surface area contributed by atoms with Gasteiger partial charge in [-0.2, -0.15) is 0 Å². The van der Waals surface area contributed by atoms with Gasteiger partial charge in [-0.25, -0.2) is 0 Å². The van der Waals surface area contributed by atoms with Crippen LogP contribution >= 0.6 is 0 Å². The number of rotatable bonds is 1. The molecule has 1 aliphatic heterocycles. The molecule has 25 heavy (non-hydrogen) atoms. The summed E-state index contributed by atoms with van der Waals surface area (Å²) < 4.78 is 11.3. The van der Waals surface area contributed by atoms with Crippen LogP contribution in [0.4, 0.5) is 0 Å². The fourth-order valence-electron chi connectivity index (χ4n) is 7.04. The van der Waals surface area contributed by atoms with E-state index in [1.807, 2.05) is 0 Å². The second-order valence-electron chi connectivity index (χ2n) is 9.49. The minimum absolute atomic E-state index is 0.0476. The number of fused-ring (bicyclic) bond motifs is 7. The number of ketones is 1. The van der Waals surface area contributed by atoms with E-state index in [2.05, 4.69) is 19.9 Å². The van der Waals surface area contributed by atoms with Crippen LogP contribution in [0, 0.1) is 28.6 Å². The first kappa shape index (κ1) is 16.0. The lowest BCUT2D eigenvalue weighted by atomic mass is 9.48. The Morgan fingerprint density at radius 3 is 2.76 bits per heavy atom. The molecule has 5 aliphatic rings. The molecule has 0 bridgehead atoms. The first-order valence-electron chi connectivity index (χ1n) is 9.91. The number of hydrogen-bond donors (Lipinski definition) is 0. The number of epoxide rings is 1. The molecule has 0 spiro atoms. The molecule has 1 saturated heterocycles. The van der Waals surface area contributed by atoms with Gasteiger partial charge in [0.15, 0.2) is 5.78 Å². The van der Waals surface area contributed by atoms with Crippen molar-refractivity contribution in [1.82, 2.24) is 0 Å². The van der Waals surface area contributed by atoms with Crippen LogP contribution in [0.25, 0.3) is 0 Å². The zero-order valence-electron chi connectivity index (χ0n) is 15.4. The second kappa shape index (κ2) is 4.97. The molecular weight excluding hydrogens is 316 g/mol. The predicted octanol–water partition coefficient (Wildman–Crippen LogP) is 3.44. The van der Waals surface area contributed by atoms with E-state index in [1.165, 1.54) is 12.5 Å². The summed E-state index contributed by atoms with van der Waals surface area (Å²) in [6.07, 6.45) is 8.73. The number of allylic oxidation sites excluding steroid dienone is 1. The number of esters is 1. The number of carbonyl (C=O) groups is 2. The number of hydrogen-bond acceptors (Lipinski definition) is 4. The Balaban J connectivity index is 1.44. The Bertz CT molecular complexity index is 681. The van der Waals surface area contributed by atoms with E-state index >= 15 is 0 Å². The van der Waals surface area contributed by atoms with E-state index in [9.17, 15) is 9.59 Å². The van der Waals surface area contributed by atoms with Crippen LogP contribution in [-0.4, -0.2) is 30.1 Å². The van der Waals surface area contributed by atoms with Gasteiger partial charge in [0.2, 0.25) is 0 Å². The summed E-state index contributed by atoms with van der Waals surface area (Å²) in [6, 6.07) is 0. The molecule has 0 unspecified atom stereocenters. The van der Waals surface area contributed by atoms with Crippen LogP contribution < -0.4 is 0 Å². The summed E-state index contributed by atoms with van der Waals surface area (Å²) >= 11 is 0. The molecule has 3 saturated carbocycles. The highest BCUT2D eigenvalue weighted by Gasteiger charge is 2.71. The predicted molar refractivity (Wildman–Crippen MR) is 91.7 cm³/mol. The smallest absolute Gasteiger partial charge is 0.302 e. The summed E-state index contributed by atoms with van der Waals surface area (Å²) in [6.45, 7) is 6.12. The molecule has 0 radical (unpaired) electrons. The Morgan fingerprint density at radius 1 is 1.24 bits per heavy atom. The van der Waals surface area contributed by atoms with Gasteiger partial charge in [-0.05, 0) is 49.4 Å². The Morgan fingerprint density at radius 2 is 2.00 bits per heavy atom. The highest BCUT2D eigenvalue weighted by Crippen LogP contribution is 2.67. The van der Waals surface area contributed by atoms with E-state index in [0.717, 1.165) is 38.5 Å². The third-order valence-corrected chi connectivity index (χ3v) is 8.34. The molecule has 0 amide bonds. The zero-order valence-corrected chi connectivity index (χ0v) is 15.4. The monoisotopic (exact) mass is 344 g/mol. The lowest BCUT2D eigenvalue weighted by Crippen LogP contribution is -2.52. The maximum absolute atomic E-state index is 12.7. The molecule has 136 valence electrons. The topological polar surface area (TPSA) is 55.9 Å². The normalized spacial score (nSPS) is 53.1. The van der Waals surface area contributed by atoms with Crippen molar-refractivity contribution < 1.29 is 19.1 Å². The minimum Gasteiger partial charge on any atom is -0.462 e. The Kier molecular flexibility index (Phi) is 3.19.